The van der Waals surface area contributed by atoms with Crippen molar-refractivity contribution in [2.45, 2.75) is 40.2 Å². The molecule has 1 aromatic carbocycles. The number of aryl methyl sites for hydroxylation is 1. The summed E-state index contributed by atoms with van der Waals surface area (Å²) in [5.41, 5.74) is 1.66. The van der Waals surface area contributed by atoms with E-state index in [-0.39, 0.29) is 5.54 Å². The normalized spacial score (nSPS) is 11.2. The van der Waals surface area contributed by atoms with Crippen LogP contribution in [0.15, 0.2) is 16.6 Å². The zero-order valence-corrected chi connectivity index (χ0v) is 12.4. The lowest BCUT2D eigenvalue weighted by molar-refractivity contribution is 0.190. The summed E-state index contributed by atoms with van der Waals surface area (Å²) in [7, 11) is 0. The highest BCUT2D eigenvalue weighted by Gasteiger charge is 2.16. The van der Waals surface area contributed by atoms with Crippen molar-refractivity contribution < 1.29 is 9.53 Å². The number of carbonyl (C=O) groups is 1. The van der Waals surface area contributed by atoms with Crippen LogP contribution >= 0.6 is 15.9 Å². The molecule has 0 bridgehead atoms. The molecule has 3 nitrogen and oxygen atoms in total. The minimum absolute atomic E-state index is 0.300. The van der Waals surface area contributed by atoms with Crippen LogP contribution in [-0.4, -0.2) is 11.6 Å². The van der Waals surface area contributed by atoms with Crippen molar-refractivity contribution in [3.05, 3.63) is 27.7 Å². The Balaban J connectivity index is 2.85. The van der Waals surface area contributed by atoms with Gasteiger partial charge in [-0.3, -0.25) is 0 Å². The van der Waals surface area contributed by atoms with Gasteiger partial charge in [0.1, 0.15) is 5.75 Å². The maximum absolute atomic E-state index is 11.7. The molecule has 0 aromatic heterocycles. The molecule has 0 unspecified atom stereocenters. The van der Waals surface area contributed by atoms with Crippen LogP contribution in [0.2, 0.25) is 0 Å². The van der Waals surface area contributed by atoms with Crippen LogP contribution < -0.4 is 10.1 Å². The monoisotopic (exact) mass is 299 g/mol. The van der Waals surface area contributed by atoms with Gasteiger partial charge in [0.15, 0.2) is 0 Å². The van der Waals surface area contributed by atoms with Gasteiger partial charge in [0, 0.05) is 15.6 Å². The number of rotatable bonds is 1. The lowest BCUT2D eigenvalue weighted by atomic mass is 10.1. The van der Waals surface area contributed by atoms with Crippen molar-refractivity contribution in [3.63, 3.8) is 0 Å². The largest absolute Gasteiger partial charge is 0.413 e. The maximum atomic E-state index is 11.7. The maximum Gasteiger partial charge on any atom is 0.413 e. The Morgan fingerprint density at radius 2 is 1.88 bits per heavy atom. The van der Waals surface area contributed by atoms with Crippen LogP contribution in [0.4, 0.5) is 4.79 Å². The van der Waals surface area contributed by atoms with Crippen LogP contribution in [0.1, 0.15) is 31.9 Å². The van der Waals surface area contributed by atoms with E-state index in [1.54, 1.807) is 0 Å². The Morgan fingerprint density at radius 3 is 2.41 bits per heavy atom. The molecule has 0 radical (unpaired) electrons. The first-order chi connectivity index (χ1) is 7.69. The number of benzene rings is 1. The van der Waals surface area contributed by atoms with E-state index in [0.717, 1.165) is 15.6 Å². The lowest BCUT2D eigenvalue weighted by Crippen LogP contribution is -2.42. The number of amides is 1. The summed E-state index contributed by atoms with van der Waals surface area (Å²) in [6.07, 6.45) is -0.432. The van der Waals surface area contributed by atoms with Crippen molar-refractivity contribution in [2.75, 3.05) is 0 Å². The Morgan fingerprint density at radius 1 is 1.29 bits per heavy atom. The summed E-state index contributed by atoms with van der Waals surface area (Å²) < 4.78 is 6.24. The number of hydrogen-bond donors (Lipinski definition) is 1. The van der Waals surface area contributed by atoms with Gasteiger partial charge in [0.2, 0.25) is 0 Å². The van der Waals surface area contributed by atoms with Gasteiger partial charge in [-0.15, -0.1) is 0 Å². The topological polar surface area (TPSA) is 38.3 Å². The summed E-state index contributed by atoms with van der Waals surface area (Å²) in [6.45, 7) is 9.59. The summed E-state index contributed by atoms with van der Waals surface area (Å²) >= 11 is 3.44. The highest BCUT2D eigenvalue weighted by molar-refractivity contribution is 9.10. The van der Waals surface area contributed by atoms with E-state index in [2.05, 4.69) is 21.2 Å². The fourth-order valence-corrected chi connectivity index (χ4v) is 1.88. The standard InChI is InChI=1S/C13H18BrNO2/c1-8-6-10(14)9(2)11(7-8)17-12(16)15-13(3,4)5/h6-7H,1-5H3,(H,15,16). The molecule has 1 rings (SSSR count). The first-order valence-electron chi connectivity index (χ1n) is 5.46. The Bertz CT molecular complexity index is 436. The zero-order chi connectivity index (χ0) is 13.2. The summed E-state index contributed by atoms with van der Waals surface area (Å²) in [4.78, 5) is 11.7. The number of carbonyl (C=O) groups excluding carboxylic acids is 1. The first-order valence-corrected chi connectivity index (χ1v) is 6.25. The minimum atomic E-state index is -0.432. The predicted molar refractivity (Wildman–Crippen MR) is 72.5 cm³/mol. The summed E-state index contributed by atoms with van der Waals surface area (Å²) in [5.74, 6) is 0.582. The molecule has 0 fully saturated rings. The molecule has 0 heterocycles. The summed E-state index contributed by atoms with van der Waals surface area (Å²) in [6, 6.07) is 3.84. The van der Waals surface area contributed by atoms with E-state index >= 15 is 0 Å². The van der Waals surface area contributed by atoms with Crippen molar-refractivity contribution in [3.8, 4) is 5.75 Å². The Hall–Kier alpha value is -1.03. The van der Waals surface area contributed by atoms with Crippen LogP contribution in [0.5, 0.6) is 5.75 Å². The van der Waals surface area contributed by atoms with Crippen molar-refractivity contribution in [2.24, 2.45) is 0 Å². The average molecular weight is 300 g/mol. The van der Waals surface area contributed by atoms with E-state index in [9.17, 15) is 4.79 Å². The van der Waals surface area contributed by atoms with Gasteiger partial charge in [-0.1, -0.05) is 15.9 Å². The van der Waals surface area contributed by atoms with Gasteiger partial charge in [0.05, 0.1) is 0 Å². The van der Waals surface area contributed by atoms with Crippen molar-refractivity contribution in [1.82, 2.24) is 5.32 Å². The predicted octanol–water partition coefficient (Wildman–Crippen LogP) is 3.95. The van der Waals surface area contributed by atoms with Gasteiger partial charge >= 0.3 is 6.09 Å². The molecule has 1 N–H and O–H groups in total. The van der Waals surface area contributed by atoms with Gasteiger partial charge < -0.3 is 10.1 Å². The van der Waals surface area contributed by atoms with Crippen molar-refractivity contribution >= 4 is 22.0 Å². The molecular weight excluding hydrogens is 282 g/mol. The van der Waals surface area contributed by atoms with Crippen LogP contribution in [-0.2, 0) is 0 Å². The molecule has 17 heavy (non-hydrogen) atoms. The van der Waals surface area contributed by atoms with E-state index in [1.807, 2.05) is 46.8 Å². The summed E-state index contributed by atoms with van der Waals surface area (Å²) in [5, 5.41) is 2.76. The smallest absolute Gasteiger partial charge is 0.410 e. The van der Waals surface area contributed by atoms with Gasteiger partial charge in [-0.2, -0.15) is 0 Å². The minimum Gasteiger partial charge on any atom is -0.410 e. The van der Waals surface area contributed by atoms with Crippen LogP contribution in [0.25, 0.3) is 0 Å². The van der Waals surface area contributed by atoms with E-state index in [0.29, 0.717) is 5.75 Å². The Labute approximate surface area is 111 Å². The second-order valence-corrected chi connectivity index (χ2v) is 5.99. The number of hydrogen-bond acceptors (Lipinski definition) is 2. The van der Waals surface area contributed by atoms with E-state index in [1.165, 1.54) is 0 Å². The Kier molecular flexibility index (Phi) is 4.20. The highest BCUT2D eigenvalue weighted by atomic mass is 79.9. The highest BCUT2D eigenvalue weighted by Crippen LogP contribution is 2.27. The van der Waals surface area contributed by atoms with Crippen LogP contribution in [0, 0.1) is 13.8 Å². The number of nitrogens with one attached hydrogen (secondary N) is 1. The van der Waals surface area contributed by atoms with E-state index < -0.39 is 6.09 Å². The van der Waals surface area contributed by atoms with Gasteiger partial charge in [-0.25, -0.2) is 4.79 Å². The fourth-order valence-electron chi connectivity index (χ4n) is 1.32. The molecule has 94 valence electrons. The van der Waals surface area contributed by atoms with Gasteiger partial charge in [-0.05, 0) is 52.3 Å². The zero-order valence-electron chi connectivity index (χ0n) is 10.8. The third-order valence-corrected chi connectivity index (χ3v) is 2.94. The molecule has 4 heteroatoms. The molecule has 0 spiro atoms. The molecule has 0 aliphatic heterocycles. The van der Waals surface area contributed by atoms with Crippen molar-refractivity contribution in [1.29, 1.82) is 0 Å². The third kappa shape index (κ3) is 4.38. The molecule has 0 aliphatic rings. The first kappa shape index (κ1) is 14.0. The molecule has 1 amide bonds. The van der Waals surface area contributed by atoms with Crippen LogP contribution in [0.3, 0.4) is 0 Å². The second kappa shape index (κ2) is 5.08. The number of ether oxygens (including phenoxy) is 1. The number of halogens is 1. The second-order valence-electron chi connectivity index (χ2n) is 5.13. The molecule has 0 saturated heterocycles. The molecular formula is C13H18BrNO2. The molecule has 0 aliphatic carbocycles. The quantitative estimate of drug-likeness (QED) is 0.852. The molecule has 0 atom stereocenters. The third-order valence-electron chi connectivity index (χ3n) is 2.12. The lowest BCUT2D eigenvalue weighted by Gasteiger charge is -2.20. The average Bonchev–Trinajstić information content (AvgIpc) is 2.10. The van der Waals surface area contributed by atoms with E-state index in [4.69, 9.17) is 4.74 Å². The molecule has 0 saturated carbocycles. The van der Waals surface area contributed by atoms with Gasteiger partial charge in [0.25, 0.3) is 0 Å². The molecule has 1 aromatic rings. The fraction of sp³-hybridized carbons (Fsp3) is 0.462. The SMILES string of the molecule is Cc1cc(Br)c(C)c(OC(=O)NC(C)(C)C)c1.